The van der Waals surface area contributed by atoms with Crippen molar-refractivity contribution in [3.8, 4) is 0 Å². The minimum atomic E-state index is 0.369. The van der Waals surface area contributed by atoms with E-state index < -0.39 is 0 Å². The maximum atomic E-state index is 4.28. The van der Waals surface area contributed by atoms with Gasteiger partial charge in [0.2, 0.25) is 0 Å². The quantitative estimate of drug-likeness (QED) is 0.821. The van der Waals surface area contributed by atoms with Crippen LogP contribution in [0.3, 0.4) is 0 Å². The van der Waals surface area contributed by atoms with E-state index in [1.165, 1.54) is 31.2 Å². The highest BCUT2D eigenvalue weighted by Gasteiger charge is 2.27. The van der Waals surface area contributed by atoms with Crippen LogP contribution < -0.4 is 5.32 Å². The fourth-order valence-electron chi connectivity index (χ4n) is 2.32. The molecule has 1 aromatic rings. The van der Waals surface area contributed by atoms with E-state index in [9.17, 15) is 0 Å². The summed E-state index contributed by atoms with van der Waals surface area (Å²) in [5.41, 5.74) is 1.67. The molecule has 0 bridgehead atoms. The van der Waals surface area contributed by atoms with Crippen molar-refractivity contribution in [2.75, 3.05) is 0 Å². The summed E-state index contributed by atoms with van der Waals surface area (Å²) in [5, 5.41) is 7.94. The Morgan fingerprint density at radius 1 is 1.47 bits per heavy atom. The van der Waals surface area contributed by atoms with Gasteiger partial charge in [-0.2, -0.15) is 5.10 Å². The summed E-state index contributed by atoms with van der Waals surface area (Å²) >= 11 is 0. The summed E-state index contributed by atoms with van der Waals surface area (Å²) in [6.45, 7) is 6.36. The lowest BCUT2D eigenvalue weighted by molar-refractivity contribution is 0.362. The zero-order valence-corrected chi connectivity index (χ0v) is 9.79. The Morgan fingerprint density at radius 3 is 2.80 bits per heavy atom. The Hall–Kier alpha value is -0.830. The third kappa shape index (κ3) is 2.59. The number of hydrogen-bond donors (Lipinski definition) is 1. The lowest BCUT2D eigenvalue weighted by atomic mass is 10.0. The predicted molar refractivity (Wildman–Crippen MR) is 61.6 cm³/mol. The topological polar surface area (TPSA) is 29.9 Å². The van der Waals surface area contributed by atoms with E-state index in [4.69, 9.17) is 0 Å². The van der Waals surface area contributed by atoms with E-state index in [0.29, 0.717) is 5.54 Å². The average molecular weight is 207 g/mol. The highest BCUT2D eigenvalue weighted by molar-refractivity contribution is 5.04. The molecule has 84 valence electrons. The third-order valence-corrected chi connectivity index (χ3v) is 3.44. The Kier molecular flexibility index (Phi) is 3.10. The predicted octanol–water partition coefficient (Wildman–Crippen LogP) is 2.33. The Bertz CT molecular complexity index is 310. The van der Waals surface area contributed by atoms with Crippen LogP contribution in [0.15, 0.2) is 12.4 Å². The molecule has 1 heterocycles. The molecule has 3 nitrogen and oxygen atoms in total. The first-order chi connectivity index (χ1) is 7.22. The van der Waals surface area contributed by atoms with Gasteiger partial charge < -0.3 is 5.32 Å². The van der Waals surface area contributed by atoms with Gasteiger partial charge in [0.15, 0.2) is 0 Å². The number of aryl methyl sites for hydroxylation is 1. The van der Waals surface area contributed by atoms with Crippen LogP contribution >= 0.6 is 0 Å². The first-order valence-corrected chi connectivity index (χ1v) is 5.98. The molecule has 0 spiro atoms. The second-order valence-corrected chi connectivity index (χ2v) is 4.83. The average Bonchev–Trinajstić information content (AvgIpc) is 2.84. The minimum Gasteiger partial charge on any atom is -0.307 e. The van der Waals surface area contributed by atoms with Gasteiger partial charge in [0, 0.05) is 30.4 Å². The Morgan fingerprint density at radius 2 is 2.20 bits per heavy atom. The zero-order chi connectivity index (χ0) is 10.7. The number of rotatable bonds is 4. The summed E-state index contributed by atoms with van der Waals surface area (Å²) in [6, 6.07) is 0. The van der Waals surface area contributed by atoms with Crippen molar-refractivity contribution >= 4 is 0 Å². The molecule has 0 aromatic carbocycles. The summed E-state index contributed by atoms with van der Waals surface area (Å²) in [4.78, 5) is 0. The molecule has 1 aliphatic carbocycles. The van der Waals surface area contributed by atoms with Crippen molar-refractivity contribution in [1.82, 2.24) is 15.1 Å². The number of nitrogens with one attached hydrogen (secondary N) is 1. The standard InChI is InChI=1S/C12H21N3/c1-3-15-10-11(9-14-15)8-13-12(2)6-4-5-7-12/h9-10,13H,3-8H2,1-2H3. The normalized spacial score (nSPS) is 19.6. The van der Waals surface area contributed by atoms with Gasteiger partial charge in [-0.05, 0) is 26.7 Å². The fraction of sp³-hybridized carbons (Fsp3) is 0.750. The van der Waals surface area contributed by atoms with Crippen molar-refractivity contribution in [2.24, 2.45) is 0 Å². The molecule has 1 saturated carbocycles. The molecule has 0 aliphatic heterocycles. The molecule has 15 heavy (non-hydrogen) atoms. The maximum absolute atomic E-state index is 4.28. The molecule has 1 N–H and O–H groups in total. The van der Waals surface area contributed by atoms with E-state index in [2.05, 4.69) is 30.5 Å². The Labute approximate surface area is 91.9 Å². The molecule has 0 amide bonds. The molecule has 1 aromatic heterocycles. The van der Waals surface area contributed by atoms with Crippen LogP contribution in [0.4, 0.5) is 0 Å². The molecule has 1 aliphatic rings. The van der Waals surface area contributed by atoms with Crippen LogP contribution in [0, 0.1) is 0 Å². The van der Waals surface area contributed by atoms with Crippen LogP contribution in [0.2, 0.25) is 0 Å². The first kappa shape index (κ1) is 10.7. The van der Waals surface area contributed by atoms with Gasteiger partial charge in [0.25, 0.3) is 0 Å². The van der Waals surface area contributed by atoms with Gasteiger partial charge in [-0.3, -0.25) is 4.68 Å². The monoisotopic (exact) mass is 207 g/mol. The van der Waals surface area contributed by atoms with Crippen LogP contribution in [-0.2, 0) is 13.1 Å². The van der Waals surface area contributed by atoms with Gasteiger partial charge in [0.05, 0.1) is 6.20 Å². The van der Waals surface area contributed by atoms with Crippen molar-refractivity contribution in [1.29, 1.82) is 0 Å². The lowest BCUT2D eigenvalue weighted by Gasteiger charge is -2.24. The smallest absolute Gasteiger partial charge is 0.0534 e. The highest BCUT2D eigenvalue weighted by Crippen LogP contribution is 2.29. The van der Waals surface area contributed by atoms with Crippen LogP contribution in [0.1, 0.15) is 45.1 Å². The molecule has 0 unspecified atom stereocenters. The van der Waals surface area contributed by atoms with Gasteiger partial charge >= 0.3 is 0 Å². The Balaban J connectivity index is 1.87. The van der Waals surface area contributed by atoms with Crippen LogP contribution in [0.5, 0.6) is 0 Å². The second kappa shape index (κ2) is 4.35. The molecule has 1 fully saturated rings. The van der Waals surface area contributed by atoms with Crippen molar-refractivity contribution in [3.05, 3.63) is 18.0 Å². The summed E-state index contributed by atoms with van der Waals surface area (Å²) in [7, 11) is 0. The lowest BCUT2D eigenvalue weighted by Crippen LogP contribution is -2.38. The van der Waals surface area contributed by atoms with E-state index >= 15 is 0 Å². The molecule has 0 atom stereocenters. The number of aromatic nitrogens is 2. The minimum absolute atomic E-state index is 0.369. The second-order valence-electron chi connectivity index (χ2n) is 4.83. The van der Waals surface area contributed by atoms with E-state index in [-0.39, 0.29) is 0 Å². The van der Waals surface area contributed by atoms with Crippen molar-refractivity contribution < 1.29 is 0 Å². The molecule has 0 radical (unpaired) electrons. The van der Waals surface area contributed by atoms with Gasteiger partial charge in [-0.25, -0.2) is 0 Å². The van der Waals surface area contributed by atoms with E-state index in [1.807, 2.05) is 10.9 Å². The van der Waals surface area contributed by atoms with Crippen LogP contribution in [-0.4, -0.2) is 15.3 Å². The van der Waals surface area contributed by atoms with E-state index in [0.717, 1.165) is 13.1 Å². The van der Waals surface area contributed by atoms with Crippen molar-refractivity contribution in [2.45, 2.75) is 58.2 Å². The number of nitrogens with zero attached hydrogens (tertiary/aromatic N) is 2. The molecular weight excluding hydrogens is 186 g/mol. The van der Waals surface area contributed by atoms with Gasteiger partial charge in [-0.15, -0.1) is 0 Å². The van der Waals surface area contributed by atoms with E-state index in [1.54, 1.807) is 0 Å². The van der Waals surface area contributed by atoms with Crippen molar-refractivity contribution in [3.63, 3.8) is 0 Å². The maximum Gasteiger partial charge on any atom is 0.0534 e. The summed E-state index contributed by atoms with van der Waals surface area (Å²) in [6.07, 6.45) is 9.47. The first-order valence-electron chi connectivity index (χ1n) is 5.98. The molecule has 2 rings (SSSR count). The summed E-state index contributed by atoms with van der Waals surface area (Å²) < 4.78 is 1.98. The van der Waals surface area contributed by atoms with Crippen LogP contribution in [0.25, 0.3) is 0 Å². The molecule has 3 heteroatoms. The largest absolute Gasteiger partial charge is 0.307 e. The SMILES string of the molecule is CCn1cc(CNC2(C)CCCC2)cn1. The molecule has 0 saturated heterocycles. The molecular formula is C12H21N3. The highest BCUT2D eigenvalue weighted by atomic mass is 15.3. The summed E-state index contributed by atoms with van der Waals surface area (Å²) in [5.74, 6) is 0. The third-order valence-electron chi connectivity index (χ3n) is 3.44. The fourth-order valence-corrected chi connectivity index (χ4v) is 2.32. The number of hydrogen-bond acceptors (Lipinski definition) is 2. The zero-order valence-electron chi connectivity index (χ0n) is 9.79. The van der Waals surface area contributed by atoms with Gasteiger partial charge in [-0.1, -0.05) is 12.8 Å². The van der Waals surface area contributed by atoms with Gasteiger partial charge in [0.1, 0.15) is 0 Å².